The summed E-state index contributed by atoms with van der Waals surface area (Å²) in [6.07, 6.45) is 1.89. The highest BCUT2D eigenvalue weighted by atomic mass is 16.5. The molecule has 0 radical (unpaired) electrons. The van der Waals surface area contributed by atoms with Crippen molar-refractivity contribution < 1.29 is 24.5 Å². The predicted molar refractivity (Wildman–Crippen MR) is 58.6 cm³/mol. The summed E-state index contributed by atoms with van der Waals surface area (Å²) in [6, 6.07) is -1.62. The molecule has 0 aromatic heterocycles. The Bertz CT molecular complexity index is 265. The molecule has 0 aliphatic carbocycles. The van der Waals surface area contributed by atoms with Crippen molar-refractivity contribution in [3.8, 4) is 0 Å². The van der Waals surface area contributed by atoms with Crippen molar-refractivity contribution in [2.45, 2.75) is 31.4 Å². The third-order valence-corrected chi connectivity index (χ3v) is 2.54. The number of amides is 2. The van der Waals surface area contributed by atoms with Gasteiger partial charge in [0.2, 0.25) is 0 Å². The number of carbonyl (C=O) groups is 2. The number of carboxylic acid groups (broad SMARTS) is 1. The summed E-state index contributed by atoms with van der Waals surface area (Å²) in [5.41, 5.74) is 0. The van der Waals surface area contributed by atoms with Crippen LogP contribution in [-0.2, 0) is 9.53 Å². The molecule has 2 atom stereocenters. The Morgan fingerprint density at radius 3 is 2.76 bits per heavy atom. The van der Waals surface area contributed by atoms with E-state index in [1.807, 2.05) is 0 Å². The van der Waals surface area contributed by atoms with Crippen LogP contribution in [0.25, 0.3) is 0 Å². The van der Waals surface area contributed by atoms with E-state index in [1.165, 1.54) is 0 Å². The van der Waals surface area contributed by atoms with E-state index < -0.39 is 18.0 Å². The Hall–Kier alpha value is -1.34. The van der Waals surface area contributed by atoms with E-state index in [1.54, 1.807) is 0 Å². The average molecular weight is 246 g/mol. The SMILES string of the molecule is O=C(NCC1CCCO1)N[C@@H](CCO)C(=O)O. The lowest BCUT2D eigenvalue weighted by atomic mass is 10.2. The number of aliphatic hydroxyl groups excluding tert-OH is 1. The molecule has 1 saturated heterocycles. The third kappa shape index (κ3) is 5.01. The van der Waals surface area contributed by atoms with Crippen LogP contribution in [0.5, 0.6) is 0 Å². The minimum atomic E-state index is -1.16. The maximum absolute atomic E-state index is 11.4. The van der Waals surface area contributed by atoms with Crippen molar-refractivity contribution in [1.29, 1.82) is 0 Å². The zero-order valence-corrected chi connectivity index (χ0v) is 9.52. The lowest BCUT2D eigenvalue weighted by molar-refractivity contribution is -0.139. The number of aliphatic hydroxyl groups is 1. The molecule has 2 amide bonds. The van der Waals surface area contributed by atoms with E-state index in [2.05, 4.69) is 10.6 Å². The molecule has 0 bridgehead atoms. The van der Waals surface area contributed by atoms with Gasteiger partial charge in [0.15, 0.2) is 0 Å². The predicted octanol–water partition coefficient (Wildman–Crippen LogP) is -0.700. The largest absolute Gasteiger partial charge is 0.480 e. The van der Waals surface area contributed by atoms with Gasteiger partial charge in [-0.3, -0.25) is 0 Å². The Labute approximate surface area is 99.1 Å². The van der Waals surface area contributed by atoms with Crippen molar-refractivity contribution in [3.05, 3.63) is 0 Å². The molecule has 0 saturated carbocycles. The first kappa shape index (κ1) is 13.7. The van der Waals surface area contributed by atoms with Gasteiger partial charge in [-0.05, 0) is 12.8 Å². The second kappa shape index (κ2) is 7.08. The molecule has 0 aromatic rings. The third-order valence-electron chi connectivity index (χ3n) is 2.54. The highest BCUT2D eigenvalue weighted by molar-refractivity contribution is 5.82. The molecule has 4 N–H and O–H groups in total. The van der Waals surface area contributed by atoms with Gasteiger partial charge in [-0.15, -0.1) is 0 Å². The molecule has 1 rings (SSSR count). The van der Waals surface area contributed by atoms with Gasteiger partial charge in [-0.2, -0.15) is 0 Å². The van der Waals surface area contributed by atoms with E-state index in [4.69, 9.17) is 14.9 Å². The molecule has 1 unspecified atom stereocenters. The number of aliphatic carboxylic acids is 1. The second-order valence-electron chi connectivity index (χ2n) is 3.89. The molecule has 7 nitrogen and oxygen atoms in total. The molecule has 1 fully saturated rings. The highest BCUT2D eigenvalue weighted by Crippen LogP contribution is 2.10. The zero-order chi connectivity index (χ0) is 12.7. The van der Waals surface area contributed by atoms with E-state index in [0.717, 1.165) is 12.8 Å². The Morgan fingerprint density at radius 1 is 1.47 bits per heavy atom. The number of urea groups is 1. The number of hydrogen-bond acceptors (Lipinski definition) is 4. The summed E-state index contributed by atoms with van der Waals surface area (Å²) < 4.78 is 5.30. The van der Waals surface area contributed by atoms with Gasteiger partial charge in [-0.25, -0.2) is 9.59 Å². The van der Waals surface area contributed by atoms with Crippen LogP contribution in [0.2, 0.25) is 0 Å². The van der Waals surface area contributed by atoms with Gasteiger partial charge in [-0.1, -0.05) is 0 Å². The molecule has 0 spiro atoms. The fourth-order valence-electron chi connectivity index (χ4n) is 1.61. The van der Waals surface area contributed by atoms with Crippen molar-refractivity contribution in [2.24, 2.45) is 0 Å². The minimum absolute atomic E-state index is 0.0112. The Balaban J connectivity index is 2.23. The van der Waals surface area contributed by atoms with Gasteiger partial charge in [0.05, 0.1) is 6.10 Å². The fraction of sp³-hybridized carbons (Fsp3) is 0.800. The highest BCUT2D eigenvalue weighted by Gasteiger charge is 2.20. The van der Waals surface area contributed by atoms with Crippen LogP contribution in [0.1, 0.15) is 19.3 Å². The maximum Gasteiger partial charge on any atom is 0.326 e. The smallest absolute Gasteiger partial charge is 0.326 e. The molecule has 0 aromatic carbocycles. The average Bonchev–Trinajstić information content (AvgIpc) is 2.78. The molecule has 1 aliphatic heterocycles. The monoisotopic (exact) mass is 246 g/mol. The first-order chi connectivity index (χ1) is 8.13. The number of hydrogen-bond donors (Lipinski definition) is 4. The maximum atomic E-state index is 11.4. The summed E-state index contributed by atoms with van der Waals surface area (Å²) in [5, 5.41) is 22.2. The summed E-state index contributed by atoms with van der Waals surface area (Å²) >= 11 is 0. The van der Waals surface area contributed by atoms with Crippen LogP contribution in [0.3, 0.4) is 0 Å². The van der Waals surface area contributed by atoms with Crippen LogP contribution in [0, 0.1) is 0 Å². The zero-order valence-electron chi connectivity index (χ0n) is 9.52. The molecule has 98 valence electrons. The normalized spacial score (nSPS) is 20.9. The first-order valence-corrected chi connectivity index (χ1v) is 5.63. The standard InChI is InChI=1S/C10H18N2O5/c13-4-3-8(9(14)15)12-10(16)11-6-7-2-1-5-17-7/h7-8,13H,1-6H2,(H,14,15)(H2,11,12,16)/t7?,8-/m0/s1. The van der Waals surface area contributed by atoms with E-state index in [9.17, 15) is 9.59 Å². The van der Waals surface area contributed by atoms with Gasteiger partial charge in [0.25, 0.3) is 0 Å². The molecular weight excluding hydrogens is 228 g/mol. The molecular formula is C10H18N2O5. The van der Waals surface area contributed by atoms with Gasteiger partial charge >= 0.3 is 12.0 Å². The lowest BCUT2D eigenvalue weighted by Gasteiger charge is -2.15. The summed E-state index contributed by atoms with van der Waals surface area (Å²) in [5.74, 6) is -1.16. The number of carboxylic acids is 1. The van der Waals surface area contributed by atoms with Gasteiger partial charge in [0.1, 0.15) is 6.04 Å². The Kier molecular flexibility index (Phi) is 5.71. The topological polar surface area (TPSA) is 108 Å². The van der Waals surface area contributed by atoms with Crippen LogP contribution in [0.4, 0.5) is 4.79 Å². The van der Waals surface area contributed by atoms with Crippen molar-refractivity contribution >= 4 is 12.0 Å². The van der Waals surface area contributed by atoms with Gasteiger partial charge < -0.3 is 25.6 Å². The van der Waals surface area contributed by atoms with Gasteiger partial charge in [0, 0.05) is 26.2 Å². The number of rotatable bonds is 6. The number of carbonyl (C=O) groups excluding carboxylic acids is 1. The second-order valence-corrected chi connectivity index (χ2v) is 3.89. The fourth-order valence-corrected chi connectivity index (χ4v) is 1.61. The minimum Gasteiger partial charge on any atom is -0.480 e. The van der Waals surface area contributed by atoms with Crippen molar-refractivity contribution in [3.63, 3.8) is 0 Å². The molecule has 7 heteroatoms. The Morgan fingerprint density at radius 2 is 2.24 bits per heavy atom. The van der Waals surface area contributed by atoms with E-state index in [0.29, 0.717) is 13.2 Å². The van der Waals surface area contributed by atoms with Crippen molar-refractivity contribution in [1.82, 2.24) is 10.6 Å². The van der Waals surface area contributed by atoms with Crippen LogP contribution < -0.4 is 10.6 Å². The van der Waals surface area contributed by atoms with Crippen LogP contribution in [-0.4, -0.2) is 54.1 Å². The van der Waals surface area contributed by atoms with Crippen LogP contribution in [0.15, 0.2) is 0 Å². The summed E-state index contributed by atoms with van der Waals surface area (Å²) in [7, 11) is 0. The molecule has 17 heavy (non-hydrogen) atoms. The molecule has 1 aliphatic rings. The number of ether oxygens (including phenoxy) is 1. The van der Waals surface area contributed by atoms with E-state index in [-0.39, 0.29) is 19.1 Å². The summed E-state index contributed by atoms with van der Waals surface area (Å²) in [6.45, 7) is 0.788. The quantitative estimate of drug-likeness (QED) is 0.495. The first-order valence-electron chi connectivity index (χ1n) is 5.63. The summed E-state index contributed by atoms with van der Waals surface area (Å²) in [4.78, 5) is 22.1. The lowest BCUT2D eigenvalue weighted by Crippen LogP contribution is -2.47. The van der Waals surface area contributed by atoms with E-state index >= 15 is 0 Å². The van der Waals surface area contributed by atoms with Crippen LogP contribution >= 0.6 is 0 Å². The number of nitrogens with one attached hydrogen (secondary N) is 2. The van der Waals surface area contributed by atoms with Crippen molar-refractivity contribution in [2.75, 3.05) is 19.8 Å². The molecule has 1 heterocycles.